The zero-order valence-electron chi connectivity index (χ0n) is 11.7. The Balaban J connectivity index is 1.91. The number of imidazole rings is 1. The normalized spacial score (nSPS) is 11.3. The summed E-state index contributed by atoms with van der Waals surface area (Å²) in [5.74, 6) is 0.863. The van der Waals surface area contributed by atoms with Crippen LogP contribution in [0.2, 0.25) is 0 Å². The van der Waals surface area contributed by atoms with Gasteiger partial charge in [-0.3, -0.25) is 4.98 Å². The highest BCUT2D eigenvalue weighted by molar-refractivity contribution is 5.79. The first kappa shape index (κ1) is 12.8. The molecule has 0 fully saturated rings. The number of nitrogens with zero attached hydrogens (tertiary/aromatic N) is 2. The van der Waals surface area contributed by atoms with Gasteiger partial charge in [0.15, 0.2) is 0 Å². The maximum atomic E-state index is 4.60. The summed E-state index contributed by atoms with van der Waals surface area (Å²) in [6.07, 6.45) is 3.58. The van der Waals surface area contributed by atoms with Crippen molar-refractivity contribution in [3.05, 3.63) is 48.3 Å². The van der Waals surface area contributed by atoms with E-state index >= 15 is 0 Å². The minimum atomic E-state index is 0.485. The van der Waals surface area contributed by atoms with Crippen LogP contribution in [0, 0.1) is 0 Å². The summed E-state index contributed by atoms with van der Waals surface area (Å²) >= 11 is 0. The smallest absolute Gasteiger partial charge is 0.140 e. The first-order chi connectivity index (χ1) is 9.72. The molecule has 2 aromatic heterocycles. The molecular formula is C16H18N4. The third kappa shape index (κ3) is 2.70. The Morgan fingerprint density at radius 2 is 2.15 bits per heavy atom. The number of rotatable bonds is 4. The van der Waals surface area contributed by atoms with Crippen molar-refractivity contribution in [1.82, 2.24) is 20.3 Å². The predicted molar refractivity (Wildman–Crippen MR) is 81.3 cm³/mol. The van der Waals surface area contributed by atoms with Crippen molar-refractivity contribution in [3.8, 4) is 11.4 Å². The van der Waals surface area contributed by atoms with Crippen LogP contribution >= 0.6 is 0 Å². The summed E-state index contributed by atoms with van der Waals surface area (Å²) in [5.41, 5.74) is 4.31. The lowest BCUT2D eigenvalue weighted by Crippen LogP contribution is -2.21. The lowest BCUT2D eigenvalue weighted by molar-refractivity contribution is 0.589. The van der Waals surface area contributed by atoms with Crippen LogP contribution in [0.4, 0.5) is 0 Å². The standard InChI is InChI=1S/C16H18N4/c1-11(2)18-9-12-5-6-14-15(8-12)20-16(19-14)13-4-3-7-17-10-13/h3-8,10-11,18H,9H2,1-2H3,(H,19,20). The van der Waals surface area contributed by atoms with Crippen molar-refractivity contribution >= 4 is 11.0 Å². The van der Waals surface area contributed by atoms with E-state index in [0.29, 0.717) is 6.04 Å². The summed E-state index contributed by atoms with van der Waals surface area (Å²) in [6, 6.07) is 10.7. The molecule has 3 aromatic rings. The topological polar surface area (TPSA) is 53.6 Å². The fourth-order valence-corrected chi connectivity index (χ4v) is 2.13. The summed E-state index contributed by atoms with van der Waals surface area (Å²) in [6.45, 7) is 5.17. The van der Waals surface area contributed by atoms with E-state index in [1.165, 1.54) is 5.56 Å². The van der Waals surface area contributed by atoms with Crippen molar-refractivity contribution in [2.45, 2.75) is 26.4 Å². The van der Waals surface area contributed by atoms with E-state index < -0.39 is 0 Å². The van der Waals surface area contributed by atoms with Gasteiger partial charge in [-0.25, -0.2) is 4.98 Å². The minimum Gasteiger partial charge on any atom is -0.338 e. The number of hydrogen-bond donors (Lipinski definition) is 2. The van der Waals surface area contributed by atoms with E-state index in [0.717, 1.165) is 29.0 Å². The van der Waals surface area contributed by atoms with Crippen LogP contribution in [0.5, 0.6) is 0 Å². The van der Waals surface area contributed by atoms with Gasteiger partial charge >= 0.3 is 0 Å². The SMILES string of the molecule is CC(C)NCc1ccc2nc(-c3cccnc3)[nH]c2c1. The Labute approximate surface area is 118 Å². The van der Waals surface area contributed by atoms with Gasteiger partial charge < -0.3 is 10.3 Å². The van der Waals surface area contributed by atoms with Crippen molar-refractivity contribution in [3.63, 3.8) is 0 Å². The molecule has 0 saturated heterocycles. The second-order valence-corrected chi connectivity index (χ2v) is 5.21. The van der Waals surface area contributed by atoms with Gasteiger partial charge in [0.25, 0.3) is 0 Å². The number of aromatic nitrogens is 3. The lowest BCUT2D eigenvalue weighted by Gasteiger charge is -2.07. The predicted octanol–water partition coefficient (Wildman–Crippen LogP) is 3.12. The second kappa shape index (κ2) is 5.43. The molecule has 0 unspecified atom stereocenters. The average molecular weight is 266 g/mol. The Bertz CT molecular complexity index is 701. The van der Waals surface area contributed by atoms with Gasteiger partial charge in [0.2, 0.25) is 0 Å². The summed E-state index contributed by atoms with van der Waals surface area (Å²) in [7, 11) is 0. The average Bonchev–Trinajstić information content (AvgIpc) is 2.89. The maximum absolute atomic E-state index is 4.60. The summed E-state index contributed by atoms with van der Waals surface area (Å²) < 4.78 is 0. The molecule has 4 nitrogen and oxygen atoms in total. The third-order valence-corrected chi connectivity index (χ3v) is 3.20. The number of pyridine rings is 1. The highest BCUT2D eigenvalue weighted by Gasteiger charge is 2.06. The fourth-order valence-electron chi connectivity index (χ4n) is 2.13. The molecule has 0 spiro atoms. The molecule has 2 heterocycles. The van der Waals surface area contributed by atoms with Crippen LogP contribution in [0.25, 0.3) is 22.4 Å². The largest absolute Gasteiger partial charge is 0.338 e. The summed E-state index contributed by atoms with van der Waals surface area (Å²) in [5, 5.41) is 3.42. The Morgan fingerprint density at radius 3 is 2.90 bits per heavy atom. The van der Waals surface area contributed by atoms with Crippen LogP contribution in [-0.4, -0.2) is 21.0 Å². The van der Waals surface area contributed by atoms with Gasteiger partial charge in [-0.05, 0) is 29.8 Å². The van der Waals surface area contributed by atoms with E-state index in [2.05, 4.69) is 52.3 Å². The maximum Gasteiger partial charge on any atom is 0.140 e. The monoisotopic (exact) mass is 266 g/mol. The van der Waals surface area contributed by atoms with Crippen molar-refractivity contribution < 1.29 is 0 Å². The molecule has 1 aromatic carbocycles. The number of hydrogen-bond acceptors (Lipinski definition) is 3. The summed E-state index contributed by atoms with van der Waals surface area (Å²) in [4.78, 5) is 12.1. The Morgan fingerprint density at radius 1 is 1.25 bits per heavy atom. The molecule has 0 bridgehead atoms. The molecule has 0 amide bonds. The van der Waals surface area contributed by atoms with E-state index in [9.17, 15) is 0 Å². The number of nitrogens with one attached hydrogen (secondary N) is 2. The molecule has 3 rings (SSSR count). The molecule has 0 saturated carbocycles. The van der Waals surface area contributed by atoms with Gasteiger partial charge in [0.1, 0.15) is 5.82 Å². The lowest BCUT2D eigenvalue weighted by atomic mass is 10.2. The molecule has 0 aliphatic carbocycles. The molecule has 0 aliphatic rings. The minimum absolute atomic E-state index is 0.485. The van der Waals surface area contributed by atoms with Crippen LogP contribution in [-0.2, 0) is 6.54 Å². The number of H-pyrrole nitrogens is 1. The molecule has 0 aliphatic heterocycles. The van der Waals surface area contributed by atoms with Crippen LogP contribution < -0.4 is 5.32 Å². The first-order valence-electron chi connectivity index (χ1n) is 6.85. The first-order valence-corrected chi connectivity index (χ1v) is 6.85. The number of fused-ring (bicyclic) bond motifs is 1. The van der Waals surface area contributed by atoms with Crippen LogP contribution in [0.3, 0.4) is 0 Å². The fraction of sp³-hybridized carbons (Fsp3) is 0.250. The van der Waals surface area contributed by atoms with Crippen molar-refractivity contribution in [1.29, 1.82) is 0 Å². The zero-order valence-corrected chi connectivity index (χ0v) is 11.7. The molecule has 4 heteroatoms. The highest BCUT2D eigenvalue weighted by atomic mass is 14.9. The van der Waals surface area contributed by atoms with E-state index in [4.69, 9.17) is 0 Å². The quantitative estimate of drug-likeness (QED) is 0.763. The highest BCUT2D eigenvalue weighted by Crippen LogP contribution is 2.20. The van der Waals surface area contributed by atoms with E-state index in [1.807, 2.05) is 18.3 Å². The van der Waals surface area contributed by atoms with E-state index in [1.54, 1.807) is 6.20 Å². The molecule has 20 heavy (non-hydrogen) atoms. The Kier molecular flexibility index (Phi) is 3.48. The Hall–Kier alpha value is -2.20. The van der Waals surface area contributed by atoms with E-state index in [-0.39, 0.29) is 0 Å². The molecule has 0 radical (unpaired) electrons. The molecular weight excluding hydrogens is 248 g/mol. The van der Waals surface area contributed by atoms with Gasteiger partial charge in [-0.1, -0.05) is 19.9 Å². The number of aromatic amines is 1. The van der Waals surface area contributed by atoms with Crippen molar-refractivity contribution in [2.75, 3.05) is 0 Å². The van der Waals surface area contributed by atoms with Crippen molar-refractivity contribution in [2.24, 2.45) is 0 Å². The zero-order chi connectivity index (χ0) is 13.9. The van der Waals surface area contributed by atoms with Crippen LogP contribution in [0.15, 0.2) is 42.7 Å². The van der Waals surface area contributed by atoms with Gasteiger partial charge in [-0.2, -0.15) is 0 Å². The second-order valence-electron chi connectivity index (χ2n) is 5.21. The van der Waals surface area contributed by atoms with Gasteiger partial charge in [0.05, 0.1) is 11.0 Å². The molecule has 2 N–H and O–H groups in total. The number of benzene rings is 1. The third-order valence-electron chi connectivity index (χ3n) is 3.20. The molecule has 102 valence electrons. The van der Waals surface area contributed by atoms with Gasteiger partial charge in [-0.15, -0.1) is 0 Å². The van der Waals surface area contributed by atoms with Crippen LogP contribution in [0.1, 0.15) is 19.4 Å². The molecule has 0 atom stereocenters. The van der Waals surface area contributed by atoms with Gasteiger partial charge in [0, 0.05) is 30.5 Å².